The van der Waals surface area contributed by atoms with Gasteiger partial charge >= 0.3 is 5.69 Å². The molecule has 2 rings (SSSR count). The first-order chi connectivity index (χ1) is 11.4. The van der Waals surface area contributed by atoms with Crippen molar-refractivity contribution in [3.05, 3.63) is 27.8 Å². The third kappa shape index (κ3) is 6.16. The van der Waals surface area contributed by atoms with E-state index in [0.29, 0.717) is 5.92 Å². The van der Waals surface area contributed by atoms with Crippen molar-refractivity contribution in [2.24, 2.45) is 5.92 Å². The number of hydrogen-bond donors (Lipinski definition) is 2. The normalized spacial score (nSPS) is 15.7. The Labute approximate surface area is 167 Å². The number of nitro benzene ring substituents is 1. The van der Waals surface area contributed by atoms with Gasteiger partial charge in [0.25, 0.3) is 0 Å². The summed E-state index contributed by atoms with van der Waals surface area (Å²) < 4.78 is 5.15. The largest absolute Gasteiger partial charge is 0.500 e. The molecule has 0 saturated carbocycles. The average Bonchev–Trinajstić information content (AvgIpc) is 2.56. The van der Waals surface area contributed by atoms with Crippen LogP contribution in [-0.4, -0.2) is 48.2 Å². The number of nitrogens with zero attached hydrogens (tertiary/aromatic N) is 2. The van der Waals surface area contributed by atoms with E-state index in [-0.39, 0.29) is 42.3 Å². The van der Waals surface area contributed by atoms with Crippen LogP contribution in [-0.2, 0) is 0 Å². The summed E-state index contributed by atoms with van der Waals surface area (Å²) in [7, 11) is 1.41. The number of rotatable bonds is 7. The molecule has 1 aliphatic heterocycles. The molecule has 7 nitrogen and oxygen atoms in total. The van der Waals surface area contributed by atoms with Gasteiger partial charge in [-0.1, -0.05) is 13.8 Å². The average molecular weight is 410 g/mol. The first-order valence-corrected chi connectivity index (χ1v) is 8.44. The minimum atomic E-state index is -0.557. The van der Waals surface area contributed by atoms with Gasteiger partial charge in [0.2, 0.25) is 5.75 Å². The summed E-state index contributed by atoms with van der Waals surface area (Å²) in [6, 6.07) is 3.31. The Morgan fingerprint density at radius 3 is 2.38 bits per heavy atom. The molecule has 0 aromatic heterocycles. The molecule has 1 fully saturated rings. The van der Waals surface area contributed by atoms with Gasteiger partial charge in [-0.3, -0.25) is 15.0 Å². The van der Waals surface area contributed by atoms with Gasteiger partial charge in [-0.25, -0.2) is 0 Å². The van der Waals surface area contributed by atoms with E-state index in [0.717, 1.165) is 44.6 Å². The van der Waals surface area contributed by atoms with Crippen molar-refractivity contribution >= 4 is 30.5 Å². The van der Waals surface area contributed by atoms with E-state index >= 15 is 0 Å². The number of piperazine rings is 1. The molecule has 150 valence electrons. The van der Waals surface area contributed by atoms with Gasteiger partial charge < -0.3 is 15.2 Å². The quantitative estimate of drug-likeness (QED) is 0.528. The summed E-state index contributed by atoms with van der Waals surface area (Å²) in [4.78, 5) is 13.1. The lowest BCUT2D eigenvalue weighted by molar-refractivity contribution is -0.386. The summed E-state index contributed by atoms with van der Waals surface area (Å²) in [6.07, 6.45) is 1.95. The molecule has 2 N–H and O–H groups in total. The number of aromatic hydroxyl groups is 1. The summed E-state index contributed by atoms with van der Waals surface area (Å²) >= 11 is 0. The highest BCUT2D eigenvalue weighted by atomic mass is 35.5. The zero-order valence-corrected chi connectivity index (χ0v) is 17.1. The Morgan fingerprint density at radius 2 is 1.88 bits per heavy atom. The van der Waals surface area contributed by atoms with Crippen LogP contribution in [0.4, 0.5) is 5.69 Å². The van der Waals surface area contributed by atoms with Crippen LogP contribution in [0.2, 0.25) is 0 Å². The molecule has 0 unspecified atom stereocenters. The van der Waals surface area contributed by atoms with E-state index in [9.17, 15) is 15.2 Å². The Morgan fingerprint density at radius 1 is 1.27 bits per heavy atom. The highest BCUT2D eigenvalue weighted by Crippen LogP contribution is 2.40. The molecule has 1 aliphatic rings. The molecule has 0 amide bonds. The predicted molar refractivity (Wildman–Crippen MR) is 107 cm³/mol. The van der Waals surface area contributed by atoms with Crippen molar-refractivity contribution in [2.45, 2.75) is 32.7 Å². The monoisotopic (exact) mass is 409 g/mol. The van der Waals surface area contributed by atoms with Gasteiger partial charge in [0.05, 0.1) is 12.0 Å². The molecule has 1 aromatic rings. The number of phenols is 1. The second-order valence-corrected chi connectivity index (χ2v) is 6.62. The van der Waals surface area contributed by atoms with E-state index in [1.165, 1.54) is 13.2 Å². The van der Waals surface area contributed by atoms with Crippen LogP contribution in [0.1, 0.15) is 38.3 Å². The van der Waals surface area contributed by atoms with E-state index in [4.69, 9.17) is 4.74 Å². The third-order valence-electron chi connectivity index (χ3n) is 4.49. The zero-order valence-electron chi connectivity index (χ0n) is 15.4. The van der Waals surface area contributed by atoms with Crippen molar-refractivity contribution < 1.29 is 14.8 Å². The van der Waals surface area contributed by atoms with E-state index in [2.05, 4.69) is 24.1 Å². The second kappa shape index (κ2) is 11.4. The van der Waals surface area contributed by atoms with Crippen molar-refractivity contribution in [2.75, 3.05) is 33.3 Å². The molecule has 1 heterocycles. The highest BCUT2D eigenvalue weighted by Gasteiger charge is 2.27. The van der Waals surface area contributed by atoms with Crippen molar-refractivity contribution in [3.63, 3.8) is 0 Å². The topological polar surface area (TPSA) is 87.9 Å². The fourth-order valence-electron chi connectivity index (χ4n) is 3.15. The number of methoxy groups -OCH3 is 1. The lowest BCUT2D eigenvalue weighted by atomic mass is 9.95. The van der Waals surface area contributed by atoms with Crippen molar-refractivity contribution in [1.29, 1.82) is 0 Å². The Kier molecular flexibility index (Phi) is 10.9. The lowest BCUT2D eigenvalue weighted by Gasteiger charge is -2.35. The molecule has 26 heavy (non-hydrogen) atoms. The molecular formula is C17H29Cl2N3O4. The first-order valence-electron chi connectivity index (χ1n) is 8.44. The smallest absolute Gasteiger partial charge is 0.314 e. The number of hydrogen-bond acceptors (Lipinski definition) is 6. The van der Waals surface area contributed by atoms with Crippen LogP contribution in [0, 0.1) is 16.0 Å². The minimum absolute atomic E-state index is 0. The van der Waals surface area contributed by atoms with Crippen molar-refractivity contribution in [1.82, 2.24) is 10.2 Å². The van der Waals surface area contributed by atoms with Crippen LogP contribution in [0.5, 0.6) is 11.5 Å². The second-order valence-electron chi connectivity index (χ2n) is 6.62. The maximum Gasteiger partial charge on any atom is 0.314 e. The van der Waals surface area contributed by atoms with Gasteiger partial charge in [0.1, 0.15) is 0 Å². The van der Waals surface area contributed by atoms with Crippen LogP contribution in [0.3, 0.4) is 0 Å². The summed E-state index contributed by atoms with van der Waals surface area (Å²) in [6.45, 7) is 7.98. The van der Waals surface area contributed by atoms with E-state index < -0.39 is 10.7 Å². The highest BCUT2D eigenvalue weighted by molar-refractivity contribution is 5.85. The fourth-order valence-corrected chi connectivity index (χ4v) is 3.15. The zero-order chi connectivity index (χ0) is 17.7. The van der Waals surface area contributed by atoms with Crippen LogP contribution in [0.15, 0.2) is 12.1 Å². The lowest BCUT2D eigenvalue weighted by Crippen LogP contribution is -2.45. The van der Waals surface area contributed by atoms with Crippen LogP contribution >= 0.6 is 24.8 Å². The Hall–Kier alpha value is -1.28. The first kappa shape index (κ1) is 24.7. The SMILES string of the molecule is COc1cc([C@H](CCC(C)C)N2CCNCC2)cc([N+](=O)[O-])c1O.Cl.Cl. The summed E-state index contributed by atoms with van der Waals surface area (Å²) in [5.74, 6) is 0.308. The van der Waals surface area contributed by atoms with Gasteiger partial charge in [-0.2, -0.15) is 0 Å². The number of ether oxygens (including phenoxy) is 1. The number of nitro groups is 1. The van der Waals surface area contributed by atoms with Gasteiger partial charge in [0, 0.05) is 38.3 Å². The number of nitrogens with one attached hydrogen (secondary N) is 1. The summed E-state index contributed by atoms with van der Waals surface area (Å²) in [5.41, 5.74) is 0.535. The molecule has 0 radical (unpaired) electrons. The number of halogens is 2. The van der Waals surface area contributed by atoms with Crippen LogP contribution < -0.4 is 10.1 Å². The third-order valence-corrected chi connectivity index (χ3v) is 4.49. The van der Waals surface area contributed by atoms with E-state index in [1.807, 2.05) is 0 Å². The molecule has 1 saturated heterocycles. The molecule has 0 spiro atoms. The van der Waals surface area contributed by atoms with Gasteiger partial charge in [-0.05, 0) is 30.4 Å². The van der Waals surface area contributed by atoms with Gasteiger partial charge in [-0.15, -0.1) is 24.8 Å². The Bertz CT molecular complexity index is 581. The molecule has 1 atom stereocenters. The molecule has 0 bridgehead atoms. The molecule has 1 aromatic carbocycles. The molecular weight excluding hydrogens is 381 g/mol. The maximum atomic E-state index is 11.3. The van der Waals surface area contributed by atoms with Crippen LogP contribution in [0.25, 0.3) is 0 Å². The predicted octanol–water partition coefficient (Wildman–Crippen LogP) is 3.54. The number of phenolic OH excluding ortho intramolecular Hbond substituents is 1. The van der Waals surface area contributed by atoms with E-state index in [1.54, 1.807) is 6.07 Å². The fraction of sp³-hybridized carbons (Fsp3) is 0.647. The maximum absolute atomic E-state index is 11.3. The number of benzene rings is 1. The molecule has 9 heteroatoms. The van der Waals surface area contributed by atoms with Gasteiger partial charge in [0.15, 0.2) is 5.75 Å². The van der Waals surface area contributed by atoms with Crippen molar-refractivity contribution in [3.8, 4) is 11.5 Å². The Balaban J connectivity index is 0.00000312. The standard InChI is InChI=1S/C17H27N3O4.2ClH/c1-12(2)4-5-14(19-8-6-18-7-9-19)13-10-15(20(22)23)17(21)16(11-13)24-3;;/h10-12,14,18,21H,4-9H2,1-3H3;2*1H/t14-;;/m0../s1. The minimum Gasteiger partial charge on any atom is -0.500 e. The molecule has 0 aliphatic carbocycles. The summed E-state index contributed by atoms with van der Waals surface area (Å²) in [5, 5.41) is 24.6.